The van der Waals surface area contributed by atoms with E-state index >= 15 is 0 Å². The zero-order valence-corrected chi connectivity index (χ0v) is 14.0. The first-order chi connectivity index (χ1) is 12.2. The van der Waals surface area contributed by atoms with Crippen molar-refractivity contribution < 1.29 is 4.79 Å². The summed E-state index contributed by atoms with van der Waals surface area (Å²) in [6.45, 7) is 0.800. The number of carbonyl (C=O) groups is 1. The average molecular weight is 333 g/mol. The topological polar surface area (TPSA) is 71.0 Å². The molecule has 0 atom stereocenters. The number of hydrogen-bond donors (Lipinski definition) is 1. The van der Waals surface area contributed by atoms with Crippen molar-refractivity contribution in [3.8, 4) is 0 Å². The van der Waals surface area contributed by atoms with E-state index in [2.05, 4.69) is 20.3 Å². The highest BCUT2D eigenvalue weighted by Gasteiger charge is 2.10. The van der Waals surface area contributed by atoms with Gasteiger partial charge in [0.05, 0.1) is 12.4 Å². The zero-order valence-electron chi connectivity index (χ0n) is 14.0. The third-order valence-electron chi connectivity index (χ3n) is 3.78. The Morgan fingerprint density at radius 1 is 1.04 bits per heavy atom. The minimum absolute atomic E-state index is 0.273. The number of para-hydroxylation sites is 1. The van der Waals surface area contributed by atoms with Crippen LogP contribution in [0.2, 0.25) is 0 Å². The summed E-state index contributed by atoms with van der Waals surface area (Å²) >= 11 is 0. The minimum Gasteiger partial charge on any atom is -0.358 e. The summed E-state index contributed by atoms with van der Waals surface area (Å²) in [6, 6.07) is 13.3. The van der Waals surface area contributed by atoms with Gasteiger partial charge in [0.1, 0.15) is 11.5 Å². The van der Waals surface area contributed by atoms with E-state index in [1.54, 1.807) is 18.6 Å². The number of anilines is 2. The van der Waals surface area contributed by atoms with Crippen molar-refractivity contribution in [2.45, 2.75) is 6.42 Å². The Morgan fingerprint density at radius 3 is 2.48 bits per heavy atom. The van der Waals surface area contributed by atoms with Crippen LogP contribution in [0, 0.1) is 0 Å². The lowest BCUT2D eigenvalue weighted by Gasteiger charge is -2.17. The highest BCUT2D eigenvalue weighted by molar-refractivity contribution is 6.02. The van der Waals surface area contributed by atoms with Crippen molar-refractivity contribution in [1.82, 2.24) is 15.0 Å². The Morgan fingerprint density at radius 2 is 1.80 bits per heavy atom. The Labute approximate surface area is 146 Å². The molecule has 25 heavy (non-hydrogen) atoms. The number of nitrogens with zero attached hydrogens (tertiary/aromatic N) is 4. The molecule has 3 aromatic rings. The van der Waals surface area contributed by atoms with E-state index in [-0.39, 0.29) is 11.6 Å². The lowest BCUT2D eigenvalue weighted by Crippen LogP contribution is -2.22. The predicted molar refractivity (Wildman–Crippen MR) is 97.6 cm³/mol. The number of pyridine rings is 1. The molecule has 0 aliphatic rings. The maximum Gasteiger partial charge on any atom is 0.275 e. The molecule has 0 spiro atoms. The number of rotatable bonds is 6. The van der Waals surface area contributed by atoms with E-state index in [4.69, 9.17) is 0 Å². The maximum absolute atomic E-state index is 12.2. The van der Waals surface area contributed by atoms with Gasteiger partial charge >= 0.3 is 0 Å². The lowest BCUT2D eigenvalue weighted by molar-refractivity contribution is 0.102. The van der Waals surface area contributed by atoms with Gasteiger partial charge < -0.3 is 10.2 Å². The van der Waals surface area contributed by atoms with E-state index in [9.17, 15) is 4.79 Å². The van der Waals surface area contributed by atoms with Crippen LogP contribution in [0.5, 0.6) is 0 Å². The van der Waals surface area contributed by atoms with Gasteiger partial charge in [0.15, 0.2) is 0 Å². The molecule has 6 heteroatoms. The highest BCUT2D eigenvalue weighted by atomic mass is 16.1. The van der Waals surface area contributed by atoms with Crippen molar-refractivity contribution in [2.75, 3.05) is 23.8 Å². The Balaban J connectivity index is 1.58. The van der Waals surface area contributed by atoms with E-state index in [1.165, 1.54) is 11.8 Å². The molecule has 0 unspecified atom stereocenters. The second kappa shape index (κ2) is 8.01. The quantitative estimate of drug-likeness (QED) is 0.751. The molecule has 3 rings (SSSR count). The fraction of sp³-hybridized carbons (Fsp3) is 0.158. The first-order valence-corrected chi connectivity index (χ1v) is 8.01. The molecule has 1 N–H and O–H groups in total. The molecule has 0 bridgehead atoms. The third-order valence-corrected chi connectivity index (χ3v) is 3.78. The van der Waals surface area contributed by atoms with E-state index in [0.717, 1.165) is 24.5 Å². The first-order valence-electron chi connectivity index (χ1n) is 8.01. The lowest BCUT2D eigenvalue weighted by atomic mass is 10.2. The van der Waals surface area contributed by atoms with Crippen molar-refractivity contribution in [3.63, 3.8) is 0 Å². The summed E-state index contributed by atoms with van der Waals surface area (Å²) in [5.41, 5.74) is 2.23. The van der Waals surface area contributed by atoms with E-state index in [0.29, 0.717) is 0 Å². The van der Waals surface area contributed by atoms with Crippen LogP contribution in [-0.4, -0.2) is 34.5 Å². The molecular weight excluding hydrogens is 314 g/mol. The number of hydrogen-bond acceptors (Lipinski definition) is 5. The molecule has 1 aromatic carbocycles. The van der Waals surface area contributed by atoms with Crippen LogP contribution in [0.3, 0.4) is 0 Å². The van der Waals surface area contributed by atoms with Crippen LogP contribution in [0.15, 0.2) is 67.3 Å². The van der Waals surface area contributed by atoms with Crippen molar-refractivity contribution >= 4 is 17.4 Å². The average Bonchev–Trinajstić information content (AvgIpc) is 2.68. The largest absolute Gasteiger partial charge is 0.358 e. The number of aromatic nitrogens is 3. The summed E-state index contributed by atoms with van der Waals surface area (Å²) in [7, 11) is 1.95. The molecule has 0 saturated carbocycles. The predicted octanol–water partition coefficient (Wildman–Crippen LogP) is 2.80. The van der Waals surface area contributed by atoms with Gasteiger partial charge in [-0.25, -0.2) is 9.97 Å². The van der Waals surface area contributed by atoms with Crippen LogP contribution in [0.25, 0.3) is 0 Å². The number of carbonyl (C=O) groups excluding carboxylic acids is 1. The minimum atomic E-state index is -0.273. The Bertz CT molecular complexity index is 806. The highest BCUT2D eigenvalue weighted by Crippen LogP contribution is 2.10. The van der Waals surface area contributed by atoms with Gasteiger partial charge in [0.25, 0.3) is 5.91 Å². The van der Waals surface area contributed by atoms with Crippen LogP contribution < -0.4 is 10.2 Å². The summed E-state index contributed by atoms with van der Waals surface area (Å²) < 4.78 is 0. The SMILES string of the molecule is CN(CCc1ccncc1)c1cnc(C(=O)Nc2ccccc2)cn1. The van der Waals surface area contributed by atoms with Crippen LogP contribution in [0.4, 0.5) is 11.5 Å². The Hall–Kier alpha value is -3.28. The number of benzene rings is 1. The molecule has 0 aliphatic carbocycles. The molecule has 2 heterocycles. The second-order valence-electron chi connectivity index (χ2n) is 5.61. The molecular formula is C19H19N5O. The summed E-state index contributed by atoms with van der Waals surface area (Å²) in [4.78, 5) is 26.8. The van der Waals surface area contributed by atoms with Crippen LogP contribution in [0.1, 0.15) is 16.1 Å². The summed E-state index contributed by atoms with van der Waals surface area (Å²) in [5, 5.41) is 2.79. The number of likely N-dealkylation sites (N-methyl/N-ethyl adjacent to an activating group) is 1. The molecule has 6 nitrogen and oxygen atoms in total. The summed E-state index contributed by atoms with van der Waals surface area (Å²) in [5.74, 6) is 0.454. The molecule has 126 valence electrons. The van der Waals surface area contributed by atoms with Gasteiger partial charge in [0.2, 0.25) is 0 Å². The molecule has 1 amide bonds. The van der Waals surface area contributed by atoms with Crippen molar-refractivity contribution in [1.29, 1.82) is 0 Å². The fourth-order valence-electron chi connectivity index (χ4n) is 2.31. The second-order valence-corrected chi connectivity index (χ2v) is 5.61. The van der Waals surface area contributed by atoms with E-state index in [1.807, 2.05) is 54.4 Å². The fourth-order valence-corrected chi connectivity index (χ4v) is 2.31. The van der Waals surface area contributed by atoms with Gasteiger partial charge in [-0.2, -0.15) is 0 Å². The number of amides is 1. The molecule has 2 aromatic heterocycles. The van der Waals surface area contributed by atoms with Crippen molar-refractivity contribution in [3.05, 3.63) is 78.5 Å². The monoisotopic (exact) mass is 333 g/mol. The van der Waals surface area contributed by atoms with Crippen LogP contribution in [-0.2, 0) is 6.42 Å². The number of nitrogens with one attached hydrogen (secondary N) is 1. The molecule has 0 radical (unpaired) electrons. The smallest absolute Gasteiger partial charge is 0.275 e. The van der Waals surface area contributed by atoms with E-state index < -0.39 is 0 Å². The van der Waals surface area contributed by atoms with Gasteiger partial charge in [-0.15, -0.1) is 0 Å². The Kier molecular flexibility index (Phi) is 5.31. The normalized spacial score (nSPS) is 10.3. The first kappa shape index (κ1) is 16.6. The van der Waals surface area contributed by atoms with Crippen molar-refractivity contribution in [2.24, 2.45) is 0 Å². The van der Waals surface area contributed by atoms with Gasteiger partial charge in [-0.05, 0) is 36.2 Å². The zero-order chi connectivity index (χ0) is 17.5. The van der Waals surface area contributed by atoms with Gasteiger partial charge in [-0.1, -0.05) is 18.2 Å². The van der Waals surface area contributed by atoms with Gasteiger partial charge in [0, 0.05) is 31.7 Å². The standard InChI is InChI=1S/C19H19N5O/c1-24(12-9-15-7-10-20-11-8-15)18-14-21-17(13-22-18)19(25)23-16-5-3-2-4-6-16/h2-8,10-11,13-14H,9,12H2,1H3,(H,23,25). The summed E-state index contributed by atoms with van der Waals surface area (Å²) in [6.07, 6.45) is 7.57. The van der Waals surface area contributed by atoms with Crippen LogP contribution >= 0.6 is 0 Å². The molecule has 0 aliphatic heterocycles. The molecule has 0 saturated heterocycles. The van der Waals surface area contributed by atoms with Gasteiger partial charge in [-0.3, -0.25) is 9.78 Å². The maximum atomic E-state index is 12.2. The third kappa shape index (κ3) is 4.60. The molecule has 0 fully saturated rings.